The van der Waals surface area contributed by atoms with Gasteiger partial charge < -0.3 is 0 Å². The van der Waals surface area contributed by atoms with Crippen molar-refractivity contribution in [1.29, 1.82) is 0 Å². The Bertz CT molecular complexity index is 421. The van der Waals surface area contributed by atoms with Gasteiger partial charge in [0.15, 0.2) is 0 Å². The third kappa shape index (κ3) is 1.48. The summed E-state index contributed by atoms with van der Waals surface area (Å²) < 4.78 is 13.6. The number of rotatable bonds is 0. The number of aryl methyl sites for hydroxylation is 1. The Morgan fingerprint density at radius 2 is 2.00 bits per heavy atom. The molecule has 2 heteroatoms. The van der Waals surface area contributed by atoms with Gasteiger partial charge in [0, 0.05) is 0 Å². The second-order valence-electron chi connectivity index (χ2n) is 5.14. The third-order valence-electron chi connectivity index (χ3n) is 3.45. The third-order valence-corrected chi connectivity index (χ3v) is 3.82. The van der Waals surface area contributed by atoms with E-state index in [9.17, 15) is 4.39 Å². The molecular weight excluding hydrogens is 211 g/mol. The molecule has 1 aliphatic carbocycles. The van der Waals surface area contributed by atoms with Crippen LogP contribution in [0.5, 0.6) is 0 Å². The van der Waals surface area contributed by atoms with Gasteiger partial charge >= 0.3 is 0 Å². The number of benzene rings is 1. The van der Waals surface area contributed by atoms with E-state index in [2.05, 4.69) is 13.8 Å². The summed E-state index contributed by atoms with van der Waals surface area (Å²) in [4.78, 5) is 0. The molecule has 0 radical (unpaired) electrons. The second-order valence-corrected chi connectivity index (χ2v) is 5.67. The molecule has 0 aromatic heterocycles. The number of alkyl halides is 1. The van der Waals surface area contributed by atoms with Crippen LogP contribution in [0.25, 0.3) is 0 Å². The van der Waals surface area contributed by atoms with Crippen molar-refractivity contribution < 1.29 is 4.39 Å². The summed E-state index contributed by atoms with van der Waals surface area (Å²) in [7, 11) is 0. The Morgan fingerprint density at radius 1 is 1.40 bits per heavy atom. The lowest BCUT2D eigenvalue weighted by molar-refractivity contribution is 0.514. The lowest BCUT2D eigenvalue weighted by Crippen LogP contribution is -2.14. The van der Waals surface area contributed by atoms with Crippen molar-refractivity contribution >= 4 is 11.6 Å². The van der Waals surface area contributed by atoms with Gasteiger partial charge in [0.1, 0.15) is 5.82 Å². The Balaban J connectivity index is 2.78. The molecule has 0 nitrogen and oxygen atoms in total. The molecule has 0 saturated heterocycles. The second kappa shape index (κ2) is 3.21. The highest BCUT2D eigenvalue weighted by atomic mass is 35.5. The van der Waals surface area contributed by atoms with E-state index in [-0.39, 0.29) is 16.6 Å². The van der Waals surface area contributed by atoms with Crippen molar-refractivity contribution in [3.8, 4) is 0 Å². The summed E-state index contributed by atoms with van der Waals surface area (Å²) in [5.41, 5.74) is 4.10. The fourth-order valence-corrected chi connectivity index (χ4v) is 3.50. The van der Waals surface area contributed by atoms with Crippen molar-refractivity contribution in [1.82, 2.24) is 0 Å². The lowest BCUT2D eigenvalue weighted by atomic mass is 9.83. The summed E-state index contributed by atoms with van der Waals surface area (Å²) in [6, 6.07) is 1.63. The van der Waals surface area contributed by atoms with Crippen molar-refractivity contribution in [2.45, 2.75) is 44.9 Å². The van der Waals surface area contributed by atoms with E-state index < -0.39 is 0 Å². The molecule has 0 bridgehead atoms. The predicted octanol–water partition coefficient (Wildman–Crippen LogP) is 4.40. The maximum absolute atomic E-state index is 13.6. The van der Waals surface area contributed by atoms with E-state index >= 15 is 0 Å². The highest BCUT2D eigenvalue weighted by Crippen LogP contribution is 2.50. The molecular formula is C13H16ClF. The minimum absolute atomic E-state index is 0.0376. The quantitative estimate of drug-likeness (QED) is 0.575. The first-order valence-electron chi connectivity index (χ1n) is 5.29. The SMILES string of the molecule is Cc1cc(F)c(C)c2c1C(C)(C)CC2Cl. The normalized spacial score (nSPS) is 22.9. The maximum atomic E-state index is 13.6. The molecule has 0 spiro atoms. The van der Waals surface area contributed by atoms with Gasteiger partial charge in [-0.3, -0.25) is 0 Å². The molecule has 0 heterocycles. The maximum Gasteiger partial charge on any atom is 0.126 e. The van der Waals surface area contributed by atoms with Gasteiger partial charge in [-0.1, -0.05) is 13.8 Å². The number of halogens is 2. The van der Waals surface area contributed by atoms with Crippen LogP contribution in [0.4, 0.5) is 4.39 Å². The molecule has 1 atom stereocenters. The van der Waals surface area contributed by atoms with Crippen molar-refractivity contribution in [2.75, 3.05) is 0 Å². The van der Waals surface area contributed by atoms with Gasteiger partial charge in [-0.25, -0.2) is 4.39 Å². The number of fused-ring (bicyclic) bond motifs is 1. The summed E-state index contributed by atoms with van der Waals surface area (Å²) in [5.74, 6) is -0.130. The molecule has 82 valence electrons. The zero-order valence-electron chi connectivity index (χ0n) is 9.62. The van der Waals surface area contributed by atoms with Crippen molar-refractivity contribution in [3.63, 3.8) is 0 Å². The Kier molecular flexibility index (Phi) is 2.34. The first kappa shape index (κ1) is 10.9. The zero-order chi connectivity index (χ0) is 11.4. The van der Waals surface area contributed by atoms with Crippen LogP contribution in [-0.4, -0.2) is 0 Å². The minimum Gasteiger partial charge on any atom is -0.207 e. The Labute approximate surface area is 95.4 Å². The predicted molar refractivity (Wildman–Crippen MR) is 62.1 cm³/mol. The van der Waals surface area contributed by atoms with Crippen LogP contribution >= 0.6 is 11.6 Å². The van der Waals surface area contributed by atoms with Gasteiger partial charge in [0.25, 0.3) is 0 Å². The van der Waals surface area contributed by atoms with Crippen LogP contribution in [-0.2, 0) is 5.41 Å². The van der Waals surface area contributed by atoms with Crippen LogP contribution in [0.3, 0.4) is 0 Å². The molecule has 0 N–H and O–H groups in total. The average Bonchev–Trinajstić information content (AvgIpc) is 2.32. The molecule has 1 aliphatic rings. The van der Waals surface area contributed by atoms with Crippen LogP contribution in [0.15, 0.2) is 6.07 Å². The summed E-state index contributed by atoms with van der Waals surface area (Å²) in [5, 5.41) is -0.0376. The molecule has 0 aliphatic heterocycles. The van der Waals surface area contributed by atoms with Gasteiger partial charge in [-0.05, 0) is 54.0 Å². The Hall–Kier alpha value is -0.560. The highest BCUT2D eigenvalue weighted by Gasteiger charge is 2.38. The average molecular weight is 227 g/mol. The van der Waals surface area contributed by atoms with Crippen molar-refractivity contribution in [2.24, 2.45) is 0 Å². The molecule has 0 saturated carbocycles. The minimum atomic E-state index is -0.130. The van der Waals surface area contributed by atoms with Crippen LogP contribution < -0.4 is 0 Å². The van der Waals surface area contributed by atoms with Crippen LogP contribution in [0.2, 0.25) is 0 Å². The topological polar surface area (TPSA) is 0 Å². The van der Waals surface area contributed by atoms with E-state index in [1.165, 1.54) is 5.56 Å². The molecule has 0 fully saturated rings. The fraction of sp³-hybridized carbons (Fsp3) is 0.538. The van der Waals surface area contributed by atoms with Crippen molar-refractivity contribution in [3.05, 3.63) is 34.1 Å². The van der Waals surface area contributed by atoms with E-state index in [1.807, 2.05) is 13.8 Å². The summed E-state index contributed by atoms with van der Waals surface area (Å²) in [6.07, 6.45) is 0.898. The monoisotopic (exact) mass is 226 g/mol. The first-order valence-corrected chi connectivity index (χ1v) is 5.72. The van der Waals surface area contributed by atoms with Crippen LogP contribution in [0.1, 0.15) is 47.9 Å². The molecule has 2 rings (SSSR count). The van der Waals surface area contributed by atoms with E-state index in [0.29, 0.717) is 0 Å². The Morgan fingerprint density at radius 3 is 2.60 bits per heavy atom. The molecule has 1 unspecified atom stereocenters. The van der Waals surface area contributed by atoms with E-state index in [1.54, 1.807) is 6.07 Å². The molecule has 15 heavy (non-hydrogen) atoms. The van der Waals surface area contributed by atoms with Gasteiger partial charge in [0.2, 0.25) is 0 Å². The largest absolute Gasteiger partial charge is 0.207 e. The standard InChI is InChI=1S/C13H16ClF/c1-7-5-10(15)8(2)11-9(14)6-13(3,4)12(7)11/h5,9H,6H2,1-4H3. The van der Waals surface area contributed by atoms with E-state index in [0.717, 1.165) is 23.1 Å². The molecule has 1 aromatic rings. The highest BCUT2D eigenvalue weighted by molar-refractivity contribution is 6.21. The van der Waals surface area contributed by atoms with E-state index in [4.69, 9.17) is 11.6 Å². The van der Waals surface area contributed by atoms with Crippen LogP contribution in [0, 0.1) is 19.7 Å². The van der Waals surface area contributed by atoms with Gasteiger partial charge in [0.05, 0.1) is 5.38 Å². The molecule has 0 amide bonds. The first-order chi connectivity index (χ1) is 6.84. The fourth-order valence-electron chi connectivity index (χ4n) is 2.84. The summed E-state index contributed by atoms with van der Waals surface area (Å²) in [6.45, 7) is 8.15. The lowest BCUT2D eigenvalue weighted by Gasteiger charge is -2.21. The smallest absolute Gasteiger partial charge is 0.126 e. The molecule has 1 aromatic carbocycles. The summed E-state index contributed by atoms with van der Waals surface area (Å²) >= 11 is 6.31. The zero-order valence-corrected chi connectivity index (χ0v) is 10.4. The number of hydrogen-bond acceptors (Lipinski definition) is 0. The van der Waals surface area contributed by atoms with Gasteiger partial charge in [-0.15, -0.1) is 11.6 Å². The number of hydrogen-bond donors (Lipinski definition) is 0. The van der Waals surface area contributed by atoms with Gasteiger partial charge in [-0.2, -0.15) is 0 Å².